The smallest absolute Gasteiger partial charge is 0.166 e. The van der Waals surface area contributed by atoms with E-state index in [9.17, 15) is 13.2 Å². The summed E-state index contributed by atoms with van der Waals surface area (Å²) in [6.45, 7) is 6.34. The van der Waals surface area contributed by atoms with E-state index in [1.807, 2.05) is 0 Å². The predicted octanol–water partition coefficient (Wildman–Crippen LogP) is 4.19. The number of hydrogen-bond donors (Lipinski definition) is 0. The van der Waals surface area contributed by atoms with Gasteiger partial charge in [0.2, 0.25) is 0 Å². The fourth-order valence-corrected chi connectivity index (χ4v) is 0.655. The quantitative estimate of drug-likeness (QED) is 0.600. The van der Waals surface area contributed by atoms with Crippen molar-refractivity contribution in [3.05, 3.63) is 34.9 Å². The van der Waals surface area contributed by atoms with Gasteiger partial charge in [0.05, 0.1) is 5.57 Å². The summed E-state index contributed by atoms with van der Waals surface area (Å²) >= 11 is 5.55. The van der Waals surface area contributed by atoms with E-state index < -0.39 is 11.7 Å². The first kappa shape index (κ1) is 12.3. The number of allylic oxidation sites excluding steroid dienone is 5. The Kier molecular flexibility index (Phi) is 4.27. The second kappa shape index (κ2) is 4.51. The molecule has 0 aliphatic carbocycles. The van der Waals surface area contributed by atoms with Crippen LogP contribution in [-0.2, 0) is 0 Å². The molecular weight excluding hydrogens is 201 g/mol. The third-order valence-corrected chi connectivity index (χ3v) is 1.79. The minimum Gasteiger partial charge on any atom is -0.166 e. The van der Waals surface area contributed by atoms with Crippen LogP contribution in [0.5, 0.6) is 0 Å². The maximum absolute atomic E-state index is 12.1. The van der Waals surface area contributed by atoms with Crippen molar-refractivity contribution < 1.29 is 13.2 Å². The highest BCUT2D eigenvalue weighted by atomic mass is 35.5. The highest BCUT2D eigenvalue weighted by Gasteiger charge is 2.31. The molecule has 0 saturated carbocycles. The Balaban J connectivity index is 5.01. The molecule has 0 bridgehead atoms. The fourth-order valence-electron chi connectivity index (χ4n) is 0.537. The second-order valence-electron chi connectivity index (χ2n) is 2.65. The molecule has 74 valence electrons. The molecule has 0 fully saturated rings. The number of rotatable bonds is 2. The van der Waals surface area contributed by atoms with Crippen molar-refractivity contribution in [2.45, 2.75) is 20.0 Å². The molecule has 4 heteroatoms. The Labute approximate surface area is 80.4 Å². The predicted molar refractivity (Wildman–Crippen MR) is 48.6 cm³/mol. The SMILES string of the molecule is C=C/C(=C\C(Cl)=C(C)C)C(F)(F)F. The topological polar surface area (TPSA) is 0 Å². The highest BCUT2D eigenvalue weighted by molar-refractivity contribution is 6.31. The minimum atomic E-state index is -4.39. The van der Waals surface area contributed by atoms with Crippen molar-refractivity contribution in [3.8, 4) is 0 Å². The molecule has 0 amide bonds. The van der Waals surface area contributed by atoms with Gasteiger partial charge >= 0.3 is 6.18 Å². The molecular formula is C9H10ClF3. The zero-order valence-corrected chi connectivity index (χ0v) is 8.13. The zero-order valence-electron chi connectivity index (χ0n) is 7.37. The van der Waals surface area contributed by atoms with E-state index in [0.717, 1.165) is 12.2 Å². The first-order valence-electron chi connectivity index (χ1n) is 3.53. The first-order valence-corrected chi connectivity index (χ1v) is 3.91. The molecule has 0 aliphatic heterocycles. The van der Waals surface area contributed by atoms with Crippen molar-refractivity contribution in [1.82, 2.24) is 0 Å². The van der Waals surface area contributed by atoms with Crippen LogP contribution in [0.25, 0.3) is 0 Å². The van der Waals surface area contributed by atoms with E-state index in [1.54, 1.807) is 13.8 Å². The van der Waals surface area contributed by atoms with E-state index in [-0.39, 0.29) is 5.03 Å². The average molecular weight is 211 g/mol. The van der Waals surface area contributed by atoms with Gasteiger partial charge in [-0.3, -0.25) is 0 Å². The third kappa shape index (κ3) is 4.18. The molecule has 0 spiro atoms. The maximum atomic E-state index is 12.1. The van der Waals surface area contributed by atoms with Crippen molar-refractivity contribution in [1.29, 1.82) is 0 Å². The Morgan fingerprint density at radius 3 is 2.00 bits per heavy atom. The standard InChI is InChI=1S/C9H10ClF3/c1-4-7(9(11,12)13)5-8(10)6(2)3/h4-5H,1H2,2-3H3/b7-5+. The van der Waals surface area contributed by atoms with Gasteiger partial charge in [-0.15, -0.1) is 0 Å². The highest BCUT2D eigenvalue weighted by Crippen LogP contribution is 2.28. The van der Waals surface area contributed by atoms with Crippen LogP contribution in [0.3, 0.4) is 0 Å². The summed E-state index contributed by atoms with van der Waals surface area (Å²) in [6, 6.07) is 0. The second-order valence-corrected chi connectivity index (χ2v) is 3.06. The molecule has 0 nitrogen and oxygen atoms in total. The fraction of sp³-hybridized carbons (Fsp3) is 0.333. The number of hydrogen-bond acceptors (Lipinski definition) is 0. The summed E-state index contributed by atoms with van der Waals surface area (Å²) < 4.78 is 36.4. The van der Waals surface area contributed by atoms with E-state index in [4.69, 9.17) is 11.6 Å². The van der Waals surface area contributed by atoms with Gasteiger partial charge in [0.1, 0.15) is 0 Å². The van der Waals surface area contributed by atoms with Gasteiger partial charge in [0, 0.05) is 5.03 Å². The Morgan fingerprint density at radius 1 is 1.31 bits per heavy atom. The van der Waals surface area contributed by atoms with Crippen LogP contribution in [0.1, 0.15) is 13.8 Å². The van der Waals surface area contributed by atoms with Crippen molar-refractivity contribution in [2.24, 2.45) is 0 Å². The lowest BCUT2D eigenvalue weighted by molar-refractivity contribution is -0.0881. The third-order valence-electron chi connectivity index (χ3n) is 1.31. The molecule has 0 heterocycles. The largest absolute Gasteiger partial charge is 0.416 e. The van der Waals surface area contributed by atoms with Gasteiger partial charge in [-0.25, -0.2) is 0 Å². The molecule has 0 saturated heterocycles. The van der Waals surface area contributed by atoms with Crippen molar-refractivity contribution in [2.75, 3.05) is 0 Å². The summed E-state index contributed by atoms with van der Waals surface area (Å²) in [4.78, 5) is 0. The van der Waals surface area contributed by atoms with E-state index in [0.29, 0.717) is 5.57 Å². The maximum Gasteiger partial charge on any atom is 0.416 e. The van der Waals surface area contributed by atoms with Gasteiger partial charge < -0.3 is 0 Å². The molecule has 13 heavy (non-hydrogen) atoms. The van der Waals surface area contributed by atoms with Gasteiger partial charge in [-0.1, -0.05) is 29.8 Å². The number of alkyl halides is 3. The van der Waals surface area contributed by atoms with E-state index in [1.165, 1.54) is 0 Å². The lowest BCUT2D eigenvalue weighted by Crippen LogP contribution is -2.09. The van der Waals surface area contributed by atoms with Crippen LogP contribution < -0.4 is 0 Å². The summed E-state index contributed by atoms with van der Waals surface area (Å²) in [5, 5.41) is 0.0900. The molecule has 0 aliphatic rings. The monoisotopic (exact) mass is 210 g/mol. The summed E-state index contributed by atoms with van der Waals surface area (Å²) in [7, 11) is 0. The summed E-state index contributed by atoms with van der Waals surface area (Å²) in [5.41, 5.74) is -0.205. The Morgan fingerprint density at radius 2 is 1.77 bits per heavy atom. The average Bonchev–Trinajstić information content (AvgIpc) is 1.96. The van der Waals surface area contributed by atoms with Crippen LogP contribution in [0.2, 0.25) is 0 Å². The van der Waals surface area contributed by atoms with Crippen molar-refractivity contribution >= 4 is 11.6 Å². The van der Waals surface area contributed by atoms with Gasteiger partial charge in [0.25, 0.3) is 0 Å². The molecule has 0 aromatic heterocycles. The molecule has 0 N–H and O–H groups in total. The van der Waals surface area contributed by atoms with Crippen LogP contribution in [0.4, 0.5) is 13.2 Å². The Bertz CT molecular complexity index is 255. The van der Waals surface area contributed by atoms with Gasteiger partial charge in [-0.2, -0.15) is 13.2 Å². The van der Waals surface area contributed by atoms with Crippen LogP contribution >= 0.6 is 11.6 Å². The van der Waals surface area contributed by atoms with Crippen LogP contribution in [0.15, 0.2) is 34.9 Å². The van der Waals surface area contributed by atoms with Crippen LogP contribution in [0, 0.1) is 0 Å². The zero-order chi connectivity index (χ0) is 10.6. The van der Waals surface area contributed by atoms with Gasteiger partial charge in [0.15, 0.2) is 0 Å². The molecule has 0 radical (unpaired) electrons. The lowest BCUT2D eigenvalue weighted by Gasteiger charge is -2.06. The van der Waals surface area contributed by atoms with E-state index in [2.05, 4.69) is 6.58 Å². The van der Waals surface area contributed by atoms with Crippen LogP contribution in [-0.4, -0.2) is 6.18 Å². The lowest BCUT2D eigenvalue weighted by atomic mass is 10.2. The molecule has 0 atom stereocenters. The van der Waals surface area contributed by atoms with Crippen molar-refractivity contribution in [3.63, 3.8) is 0 Å². The molecule has 0 aromatic carbocycles. The minimum absolute atomic E-state index is 0.0900. The van der Waals surface area contributed by atoms with Gasteiger partial charge in [-0.05, 0) is 19.9 Å². The first-order chi connectivity index (χ1) is 5.79. The summed E-state index contributed by atoms with van der Waals surface area (Å²) in [6.07, 6.45) is -2.79. The molecule has 0 aromatic rings. The van der Waals surface area contributed by atoms with E-state index >= 15 is 0 Å². The Hall–Kier alpha value is -0.700. The number of halogens is 4. The molecule has 0 rings (SSSR count). The normalized spacial score (nSPS) is 12.6. The summed E-state index contributed by atoms with van der Waals surface area (Å²) in [5.74, 6) is 0. The molecule has 0 unspecified atom stereocenters.